The molecule has 0 aliphatic rings. The van der Waals surface area contributed by atoms with Gasteiger partial charge in [-0.05, 0) is 116 Å². The van der Waals surface area contributed by atoms with E-state index in [9.17, 15) is 19.0 Å². The van der Waals surface area contributed by atoms with E-state index in [-0.39, 0.29) is 32.0 Å². The molecular formula is C66H111NO8P+. The molecule has 0 spiro atoms. The van der Waals surface area contributed by atoms with Gasteiger partial charge in [-0.1, -0.05) is 225 Å². The number of esters is 2. The minimum absolute atomic E-state index is 0.0209. The monoisotopic (exact) mass is 1080 g/mol. The van der Waals surface area contributed by atoms with E-state index in [1.165, 1.54) is 64.2 Å². The average Bonchev–Trinajstić information content (AvgIpc) is 3.38. The molecule has 0 saturated heterocycles. The fourth-order valence-electron chi connectivity index (χ4n) is 7.57. The van der Waals surface area contributed by atoms with Crippen molar-refractivity contribution < 1.29 is 42.1 Å². The predicted molar refractivity (Wildman–Crippen MR) is 325 cm³/mol. The van der Waals surface area contributed by atoms with E-state index < -0.39 is 26.5 Å². The van der Waals surface area contributed by atoms with Gasteiger partial charge in [-0.2, -0.15) is 0 Å². The molecule has 2 atom stereocenters. The van der Waals surface area contributed by atoms with Crippen LogP contribution in [0.5, 0.6) is 0 Å². The molecule has 0 radical (unpaired) electrons. The van der Waals surface area contributed by atoms with Crippen molar-refractivity contribution in [3.05, 3.63) is 134 Å². The molecule has 0 saturated carbocycles. The summed E-state index contributed by atoms with van der Waals surface area (Å²) in [5, 5.41) is 0. The van der Waals surface area contributed by atoms with Gasteiger partial charge < -0.3 is 18.9 Å². The van der Waals surface area contributed by atoms with Crippen molar-refractivity contribution in [2.75, 3.05) is 47.5 Å². The van der Waals surface area contributed by atoms with Crippen molar-refractivity contribution in [1.82, 2.24) is 0 Å². The third kappa shape index (κ3) is 59.4. The van der Waals surface area contributed by atoms with Gasteiger partial charge in [0.2, 0.25) is 0 Å². The zero-order valence-electron chi connectivity index (χ0n) is 48.9. The van der Waals surface area contributed by atoms with Crippen LogP contribution in [0.4, 0.5) is 0 Å². The van der Waals surface area contributed by atoms with E-state index in [4.69, 9.17) is 18.5 Å². The van der Waals surface area contributed by atoms with Gasteiger partial charge in [-0.25, -0.2) is 4.57 Å². The number of phosphoric ester groups is 1. The maximum absolute atomic E-state index is 12.8. The topological polar surface area (TPSA) is 108 Å². The molecule has 0 bridgehead atoms. The minimum Gasteiger partial charge on any atom is -0.462 e. The van der Waals surface area contributed by atoms with E-state index in [1.54, 1.807) is 0 Å². The molecule has 0 aromatic carbocycles. The molecule has 0 amide bonds. The first-order chi connectivity index (χ1) is 37.0. The van der Waals surface area contributed by atoms with Crippen molar-refractivity contribution in [1.29, 1.82) is 0 Å². The summed E-state index contributed by atoms with van der Waals surface area (Å²) in [6.45, 7) is 4.25. The van der Waals surface area contributed by atoms with Gasteiger partial charge in [0, 0.05) is 12.8 Å². The highest BCUT2D eigenvalue weighted by Gasteiger charge is 2.27. The molecule has 0 rings (SSSR count). The Bertz CT molecular complexity index is 1740. The van der Waals surface area contributed by atoms with Crippen LogP contribution in [0.3, 0.4) is 0 Å². The fourth-order valence-corrected chi connectivity index (χ4v) is 8.31. The Hall–Kier alpha value is -3.85. The number of nitrogens with zero attached hydrogens (tertiary/aromatic N) is 1. The number of quaternary nitrogens is 1. The molecule has 2 unspecified atom stereocenters. The number of unbranched alkanes of at least 4 members (excludes halogenated alkanes) is 17. The second kappa shape index (κ2) is 55.9. The van der Waals surface area contributed by atoms with E-state index >= 15 is 0 Å². The molecule has 9 nitrogen and oxygen atoms in total. The summed E-state index contributed by atoms with van der Waals surface area (Å²) >= 11 is 0. The highest BCUT2D eigenvalue weighted by molar-refractivity contribution is 7.47. The summed E-state index contributed by atoms with van der Waals surface area (Å²) < 4.78 is 34.5. The van der Waals surface area contributed by atoms with E-state index in [2.05, 4.69) is 148 Å². The number of rotatable bonds is 53. The van der Waals surface area contributed by atoms with Gasteiger partial charge in [-0.15, -0.1) is 0 Å². The maximum atomic E-state index is 12.8. The third-order valence-corrected chi connectivity index (χ3v) is 13.1. The first-order valence-corrected chi connectivity index (χ1v) is 31.4. The third-order valence-electron chi connectivity index (χ3n) is 12.2. The standard InChI is InChI=1S/C66H110NO8P/c1-6-8-10-12-14-16-18-20-22-24-25-26-27-28-29-30-31-32-33-34-35-36-37-38-39-40-41-43-45-47-49-51-53-55-57-59-66(69)75-64(63-74-76(70,71)73-61-60-67(3,4)5)62-72-65(68)58-56-54-52-50-48-46-44-42-23-21-19-17-15-13-11-9-7-2/h8,10,14-17,20-23,25-26,28-29,31-32,34-35,37-38,40-41,64H,6-7,9,11-13,18-19,24,27,30,33,36,39,42-63H2,1-5H3/p+1/b10-8-,16-14-,17-15-,22-20-,23-21-,26-25-,29-28-,32-31-,35-34-,38-37-,41-40-. The first-order valence-electron chi connectivity index (χ1n) is 29.9. The van der Waals surface area contributed by atoms with Crippen molar-refractivity contribution in [2.45, 2.75) is 225 Å². The Morgan fingerprint density at radius 3 is 1.12 bits per heavy atom. The number of carbonyl (C=O) groups excluding carboxylic acids is 2. The molecule has 0 aromatic rings. The lowest BCUT2D eigenvalue weighted by molar-refractivity contribution is -0.870. The number of allylic oxidation sites excluding steroid dienone is 22. The van der Waals surface area contributed by atoms with E-state index in [0.29, 0.717) is 17.4 Å². The Kier molecular flexibility index (Phi) is 53.1. The highest BCUT2D eigenvalue weighted by Crippen LogP contribution is 2.43. The molecule has 76 heavy (non-hydrogen) atoms. The molecule has 0 aromatic heterocycles. The van der Waals surface area contributed by atoms with E-state index in [1.807, 2.05) is 21.1 Å². The molecule has 432 valence electrons. The molecular weight excluding hydrogens is 966 g/mol. The lowest BCUT2D eigenvalue weighted by Crippen LogP contribution is -2.37. The second-order valence-electron chi connectivity index (χ2n) is 20.6. The summed E-state index contributed by atoms with van der Waals surface area (Å²) in [6, 6.07) is 0. The number of ether oxygens (including phenoxy) is 2. The zero-order valence-corrected chi connectivity index (χ0v) is 49.8. The molecule has 0 fully saturated rings. The molecule has 0 aliphatic heterocycles. The Morgan fingerprint density at radius 1 is 0.421 bits per heavy atom. The van der Waals surface area contributed by atoms with Gasteiger partial charge in [-0.3, -0.25) is 18.6 Å². The van der Waals surface area contributed by atoms with Gasteiger partial charge >= 0.3 is 19.8 Å². The molecule has 10 heteroatoms. The van der Waals surface area contributed by atoms with E-state index in [0.717, 1.165) is 122 Å². The number of carbonyl (C=O) groups is 2. The van der Waals surface area contributed by atoms with Crippen LogP contribution in [0, 0.1) is 0 Å². The summed E-state index contributed by atoms with van der Waals surface area (Å²) in [4.78, 5) is 35.7. The van der Waals surface area contributed by atoms with Crippen molar-refractivity contribution >= 4 is 19.8 Å². The van der Waals surface area contributed by atoms with Crippen LogP contribution in [-0.2, 0) is 32.7 Å². The van der Waals surface area contributed by atoms with Gasteiger partial charge in [0.25, 0.3) is 0 Å². The molecule has 0 aliphatic carbocycles. The number of hydrogen-bond donors (Lipinski definition) is 1. The summed E-state index contributed by atoms with van der Waals surface area (Å²) in [5.74, 6) is -0.828. The first kappa shape index (κ1) is 72.2. The summed E-state index contributed by atoms with van der Waals surface area (Å²) in [6.07, 6.45) is 80.9. The SMILES string of the molecule is CC/C=C\C/C=C\C/C=C\C/C=C\C/C=C\C/C=C\C/C=C\C/C=C\C/C=C\CCCCCCCCCC(=O)OC(COC(=O)CCCCCCCCC/C=C\C/C=C\CCCCC)COP(=O)(O)OCC[N+](C)(C)C. The summed E-state index contributed by atoms with van der Waals surface area (Å²) in [5.41, 5.74) is 0. The lowest BCUT2D eigenvalue weighted by Gasteiger charge is -2.24. The van der Waals surface area contributed by atoms with Crippen LogP contribution in [0.15, 0.2) is 134 Å². The van der Waals surface area contributed by atoms with Crippen molar-refractivity contribution in [3.8, 4) is 0 Å². The zero-order chi connectivity index (χ0) is 55.6. The van der Waals surface area contributed by atoms with Crippen LogP contribution >= 0.6 is 7.82 Å². The van der Waals surface area contributed by atoms with Gasteiger partial charge in [0.15, 0.2) is 6.10 Å². The molecule has 0 heterocycles. The average molecular weight is 1080 g/mol. The predicted octanol–water partition coefficient (Wildman–Crippen LogP) is 18.9. The second-order valence-corrected chi connectivity index (χ2v) is 22.1. The van der Waals surface area contributed by atoms with Crippen LogP contribution in [-0.4, -0.2) is 74.9 Å². The Labute approximate surface area is 466 Å². The largest absolute Gasteiger partial charge is 0.472 e. The fraction of sp³-hybridized carbons (Fsp3) is 0.636. The van der Waals surface area contributed by atoms with Gasteiger partial charge in [0.05, 0.1) is 27.7 Å². The summed E-state index contributed by atoms with van der Waals surface area (Å²) in [7, 11) is 1.45. The highest BCUT2D eigenvalue weighted by atomic mass is 31.2. The number of hydrogen-bond acceptors (Lipinski definition) is 7. The molecule has 1 N–H and O–H groups in total. The maximum Gasteiger partial charge on any atom is 0.472 e. The van der Waals surface area contributed by atoms with Crippen LogP contribution < -0.4 is 0 Å². The number of phosphoric acid groups is 1. The Morgan fingerprint density at radius 2 is 0.750 bits per heavy atom. The lowest BCUT2D eigenvalue weighted by atomic mass is 10.1. The quantitative estimate of drug-likeness (QED) is 0.0211. The van der Waals surface area contributed by atoms with Gasteiger partial charge in [0.1, 0.15) is 19.8 Å². The normalized spacial score (nSPS) is 14.2. The smallest absolute Gasteiger partial charge is 0.462 e. The van der Waals surface area contributed by atoms with Crippen LogP contribution in [0.1, 0.15) is 219 Å². The van der Waals surface area contributed by atoms with Crippen LogP contribution in [0.2, 0.25) is 0 Å². The van der Waals surface area contributed by atoms with Crippen LogP contribution in [0.25, 0.3) is 0 Å². The number of likely N-dealkylation sites (N-methyl/N-ethyl adjacent to an activating group) is 1. The van der Waals surface area contributed by atoms with Crippen molar-refractivity contribution in [3.63, 3.8) is 0 Å². The van der Waals surface area contributed by atoms with Crippen molar-refractivity contribution in [2.24, 2.45) is 0 Å². The Balaban J connectivity index is 4.20. The minimum atomic E-state index is -4.40.